The first-order valence-corrected chi connectivity index (χ1v) is 15.4. The zero-order valence-electron chi connectivity index (χ0n) is 26.6. The quantitative estimate of drug-likeness (QED) is 0.105. The van der Waals surface area contributed by atoms with Crippen molar-refractivity contribution in [2.24, 2.45) is 0 Å². The predicted octanol–water partition coefficient (Wildman–Crippen LogP) is 8.83. The van der Waals surface area contributed by atoms with Crippen LogP contribution in [-0.4, -0.2) is 23.5 Å². The second-order valence-electron chi connectivity index (χ2n) is 11.0. The number of hydrogen-bond acceptors (Lipinski definition) is 7. The van der Waals surface area contributed by atoms with Crippen LogP contribution in [0.15, 0.2) is 85.2 Å². The summed E-state index contributed by atoms with van der Waals surface area (Å²) in [6.45, 7) is 4.03. The van der Waals surface area contributed by atoms with Gasteiger partial charge in [-0.15, -0.1) is 0 Å². The third-order valence-corrected chi connectivity index (χ3v) is 8.32. The average Bonchev–Trinajstić information content (AvgIpc) is 3.11. The number of nitriles is 1. The summed E-state index contributed by atoms with van der Waals surface area (Å²) in [5, 5.41) is 18.9. The molecule has 0 aliphatic carbocycles. The van der Waals surface area contributed by atoms with Gasteiger partial charge >= 0.3 is 0 Å². The number of halogens is 2. The van der Waals surface area contributed by atoms with Gasteiger partial charge in [0.1, 0.15) is 42.4 Å². The fourth-order valence-corrected chi connectivity index (χ4v) is 5.53. The van der Waals surface area contributed by atoms with Crippen LogP contribution in [0.25, 0.3) is 23.0 Å². The summed E-state index contributed by atoms with van der Waals surface area (Å²) in [6, 6.07) is 23.3. The largest absolute Gasteiger partial charge is 0.496 e. The molecule has 4 aromatic carbocycles. The molecule has 9 heteroatoms. The minimum atomic E-state index is -0.426. The van der Waals surface area contributed by atoms with Crippen LogP contribution in [0.3, 0.4) is 0 Å². The molecule has 5 rings (SSSR count). The molecule has 1 aromatic heterocycles. The molecule has 0 spiro atoms. The van der Waals surface area contributed by atoms with E-state index in [2.05, 4.69) is 4.98 Å². The van der Waals surface area contributed by atoms with E-state index in [-0.39, 0.29) is 36.2 Å². The van der Waals surface area contributed by atoms with Crippen molar-refractivity contribution in [2.75, 3.05) is 7.11 Å². The van der Waals surface area contributed by atoms with Crippen molar-refractivity contribution in [3.63, 3.8) is 0 Å². The third kappa shape index (κ3) is 7.55. The Bertz CT molecular complexity index is 2050. The van der Waals surface area contributed by atoms with E-state index in [1.807, 2.05) is 56.3 Å². The highest BCUT2D eigenvalue weighted by atomic mass is 35.5. The highest BCUT2D eigenvalue weighted by Crippen LogP contribution is 2.36. The van der Waals surface area contributed by atoms with Crippen molar-refractivity contribution in [1.29, 1.82) is 5.26 Å². The Hall–Kier alpha value is -5.49. The molecule has 0 fully saturated rings. The van der Waals surface area contributed by atoms with Gasteiger partial charge in [0.15, 0.2) is 6.29 Å². The first-order chi connectivity index (χ1) is 23.3. The lowest BCUT2D eigenvalue weighted by Crippen LogP contribution is -2.03. The highest BCUT2D eigenvalue weighted by molar-refractivity contribution is 6.32. The summed E-state index contributed by atoms with van der Waals surface area (Å²) in [7, 11) is 1.48. The second-order valence-corrected chi connectivity index (χ2v) is 11.4. The molecule has 0 unspecified atom stereocenters. The molecule has 242 valence electrons. The lowest BCUT2D eigenvalue weighted by Gasteiger charge is -2.17. The Balaban J connectivity index is 1.37. The van der Waals surface area contributed by atoms with Crippen molar-refractivity contribution in [1.82, 2.24) is 4.98 Å². The van der Waals surface area contributed by atoms with Gasteiger partial charge in [0.2, 0.25) is 0 Å². The lowest BCUT2D eigenvalue weighted by atomic mass is 9.91. The molecule has 5 aromatic rings. The standard InChI is InChI=1S/C39H32ClFN2O5/c1-24-28(14-36(41)29-10-11-30(20-44)37(15-29)46-3)6-4-8-33(24)34-9-5-7-31(25(34)2)23-48-39-16-38(32(21-45)13-35(39)40)47-22-27-12-26(17-42)18-43-19-27/h4-16,18-19,21,44H,20,22-23H2,1-3H3/b36-14-. The number of benzene rings is 4. The maximum atomic E-state index is 15.4. The highest BCUT2D eigenvalue weighted by Gasteiger charge is 2.15. The molecule has 7 nitrogen and oxygen atoms in total. The molecule has 1 N–H and O–H groups in total. The molecule has 0 atom stereocenters. The Kier molecular flexibility index (Phi) is 10.9. The van der Waals surface area contributed by atoms with E-state index in [1.165, 1.54) is 25.4 Å². The number of rotatable bonds is 12. The van der Waals surface area contributed by atoms with Gasteiger partial charge in [0.25, 0.3) is 0 Å². The number of hydrogen-bond donors (Lipinski definition) is 1. The first kappa shape index (κ1) is 33.9. The molecule has 0 aliphatic heterocycles. The molecule has 0 radical (unpaired) electrons. The Morgan fingerprint density at radius 3 is 2.38 bits per heavy atom. The van der Waals surface area contributed by atoms with Crippen LogP contribution in [0, 0.1) is 25.2 Å². The van der Waals surface area contributed by atoms with E-state index < -0.39 is 5.83 Å². The molecular weight excluding hydrogens is 631 g/mol. The fourth-order valence-electron chi connectivity index (χ4n) is 5.30. The minimum absolute atomic E-state index is 0.0906. The summed E-state index contributed by atoms with van der Waals surface area (Å²) in [4.78, 5) is 15.8. The minimum Gasteiger partial charge on any atom is -0.496 e. The molecule has 1 heterocycles. The van der Waals surface area contributed by atoms with Gasteiger partial charge in [-0.2, -0.15) is 5.26 Å². The number of aliphatic hydroxyl groups is 1. The normalized spacial score (nSPS) is 11.1. The van der Waals surface area contributed by atoms with Crippen molar-refractivity contribution in [2.45, 2.75) is 33.7 Å². The molecule has 48 heavy (non-hydrogen) atoms. The monoisotopic (exact) mass is 662 g/mol. The number of methoxy groups -OCH3 is 1. The van der Waals surface area contributed by atoms with Crippen molar-refractivity contribution >= 4 is 29.8 Å². The van der Waals surface area contributed by atoms with Crippen LogP contribution in [0.2, 0.25) is 5.02 Å². The van der Waals surface area contributed by atoms with E-state index in [4.69, 9.17) is 31.1 Å². The van der Waals surface area contributed by atoms with Gasteiger partial charge in [-0.25, -0.2) is 4.39 Å². The Morgan fingerprint density at radius 2 is 1.65 bits per heavy atom. The molecule has 0 bridgehead atoms. The topological polar surface area (TPSA) is 102 Å². The molecular formula is C39H32ClFN2O5. The molecule has 0 aliphatic rings. The van der Waals surface area contributed by atoms with E-state index in [0.717, 1.165) is 33.4 Å². The zero-order chi connectivity index (χ0) is 34.2. The van der Waals surface area contributed by atoms with Gasteiger partial charge in [0, 0.05) is 35.2 Å². The number of carbonyl (C=O) groups is 1. The van der Waals surface area contributed by atoms with Crippen molar-refractivity contribution < 1.29 is 28.5 Å². The maximum Gasteiger partial charge on any atom is 0.153 e. The van der Waals surface area contributed by atoms with E-state index in [9.17, 15) is 9.90 Å². The summed E-state index contributed by atoms with van der Waals surface area (Å²) >= 11 is 6.49. The molecule has 0 saturated heterocycles. The Morgan fingerprint density at radius 1 is 0.896 bits per heavy atom. The maximum absolute atomic E-state index is 15.4. The van der Waals surface area contributed by atoms with Gasteiger partial charge < -0.3 is 19.3 Å². The average molecular weight is 663 g/mol. The van der Waals surface area contributed by atoms with Gasteiger partial charge in [0.05, 0.1) is 29.9 Å². The first-order valence-electron chi connectivity index (χ1n) is 15.0. The number of aromatic nitrogens is 1. The van der Waals surface area contributed by atoms with Crippen molar-refractivity contribution in [3.05, 3.63) is 140 Å². The number of pyridine rings is 1. The number of ether oxygens (including phenoxy) is 3. The van der Waals surface area contributed by atoms with Gasteiger partial charge in [-0.3, -0.25) is 9.78 Å². The SMILES string of the molecule is COc1cc(/C(F)=C/c2cccc(-c3cccc(COc4cc(OCc5cncc(C#N)c5)c(C=O)cc4Cl)c3C)c2C)ccc1CO. The summed E-state index contributed by atoms with van der Waals surface area (Å²) in [6.07, 6.45) is 5.20. The fraction of sp³-hybridized carbons (Fsp3) is 0.154. The smallest absolute Gasteiger partial charge is 0.153 e. The number of aldehydes is 1. The van der Waals surface area contributed by atoms with Crippen LogP contribution in [0.1, 0.15) is 54.9 Å². The van der Waals surface area contributed by atoms with Crippen molar-refractivity contribution in [3.8, 4) is 34.4 Å². The van der Waals surface area contributed by atoms with Gasteiger partial charge in [-0.05, 0) is 71.5 Å². The predicted molar refractivity (Wildman–Crippen MR) is 184 cm³/mol. The number of aliphatic hydroxyl groups excluding tert-OH is 1. The van der Waals surface area contributed by atoms with Crippen LogP contribution >= 0.6 is 11.6 Å². The summed E-state index contributed by atoms with van der Waals surface area (Å²) < 4.78 is 32.8. The van der Waals surface area contributed by atoms with Crippen LogP contribution in [-0.2, 0) is 19.8 Å². The lowest BCUT2D eigenvalue weighted by molar-refractivity contribution is 0.111. The number of carbonyl (C=O) groups excluding carboxylic acids is 1. The number of nitrogens with zero attached hydrogens (tertiary/aromatic N) is 2. The summed E-state index contributed by atoms with van der Waals surface area (Å²) in [5.74, 6) is 0.620. The summed E-state index contributed by atoms with van der Waals surface area (Å²) in [5.41, 5.74) is 7.70. The Labute approximate surface area is 283 Å². The van der Waals surface area contributed by atoms with Crippen LogP contribution in [0.5, 0.6) is 17.2 Å². The second kappa shape index (κ2) is 15.4. The zero-order valence-corrected chi connectivity index (χ0v) is 27.3. The van der Waals surface area contributed by atoms with Gasteiger partial charge in [-0.1, -0.05) is 60.1 Å². The van der Waals surface area contributed by atoms with E-state index in [0.29, 0.717) is 40.0 Å². The third-order valence-electron chi connectivity index (χ3n) is 8.02. The van der Waals surface area contributed by atoms with E-state index in [1.54, 1.807) is 36.5 Å². The van der Waals surface area contributed by atoms with Crippen LogP contribution in [0.4, 0.5) is 4.39 Å². The molecule has 0 saturated carbocycles. The molecule has 0 amide bonds. The van der Waals surface area contributed by atoms with Crippen LogP contribution < -0.4 is 14.2 Å². The van der Waals surface area contributed by atoms with E-state index >= 15 is 4.39 Å².